The fourth-order valence-electron chi connectivity index (χ4n) is 1.14. The number of ether oxygens (including phenoxy) is 3. The molecule has 0 heterocycles. The summed E-state index contributed by atoms with van der Waals surface area (Å²) in [5.41, 5.74) is 0. The van der Waals surface area contributed by atoms with Gasteiger partial charge < -0.3 is 19.3 Å². The Balaban J connectivity index is 3.08. The Morgan fingerprint density at radius 2 is 1.83 bits per heavy atom. The van der Waals surface area contributed by atoms with E-state index in [4.69, 9.17) is 9.47 Å². The van der Waals surface area contributed by atoms with E-state index in [1.54, 1.807) is 13.2 Å². The first-order valence-electron chi connectivity index (χ1n) is 4.97. The Morgan fingerprint density at radius 1 is 1.17 bits per heavy atom. The fraction of sp³-hybridized carbons (Fsp3) is 0.250. The zero-order valence-electron chi connectivity index (χ0n) is 10.3. The maximum Gasteiger partial charge on any atom is 0.392 e. The average Bonchev–Trinajstić information content (AvgIpc) is 2.43. The van der Waals surface area contributed by atoms with Crippen LogP contribution in [-0.4, -0.2) is 32.4 Å². The minimum absolute atomic E-state index is 0.156. The molecule has 0 unspecified atom stereocenters. The average molecular weight is 365 g/mol. The van der Waals surface area contributed by atoms with Crippen molar-refractivity contribution in [1.29, 1.82) is 0 Å². The van der Waals surface area contributed by atoms with E-state index in [1.807, 2.05) is 18.2 Å². The minimum Gasteiger partial charge on any atom is -0.492 e. The zero-order chi connectivity index (χ0) is 13.5. The third kappa shape index (κ3) is 3.52. The molecule has 0 aliphatic carbocycles. The van der Waals surface area contributed by atoms with Crippen molar-refractivity contribution in [2.45, 2.75) is 0 Å². The highest BCUT2D eigenvalue weighted by molar-refractivity contribution is 5.85. The third-order valence-corrected chi connectivity index (χ3v) is 4.91. The predicted octanol–water partition coefficient (Wildman–Crippen LogP) is -1.50. The van der Waals surface area contributed by atoms with Crippen molar-refractivity contribution in [3.05, 3.63) is 37.4 Å². The van der Waals surface area contributed by atoms with Crippen LogP contribution in [0.2, 0.25) is 0 Å². The van der Waals surface area contributed by atoms with Gasteiger partial charge in [-0.3, -0.25) is 0 Å². The van der Waals surface area contributed by atoms with Gasteiger partial charge in [0.1, 0.15) is 0 Å². The molecule has 0 aromatic heterocycles. The molecule has 0 saturated heterocycles. The van der Waals surface area contributed by atoms with Gasteiger partial charge in [0, 0.05) is 0 Å². The molecule has 0 aliphatic rings. The Labute approximate surface area is 116 Å². The van der Waals surface area contributed by atoms with Gasteiger partial charge in [0.05, 0.1) is 21.3 Å². The van der Waals surface area contributed by atoms with Crippen LogP contribution in [0.3, 0.4) is 0 Å². The number of esters is 1. The number of carbonyl (C=O) groups excluding carboxylic acids is 1. The molecule has 5 nitrogen and oxygen atoms in total. The Kier molecular flexibility index (Phi) is 5.76. The lowest BCUT2D eigenvalue weighted by Crippen LogP contribution is -3.61. The van der Waals surface area contributed by atoms with E-state index in [0.29, 0.717) is 5.75 Å². The van der Waals surface area contributed by atoms with Crippen molar-refractivity contribution in [2.24, 2.45) is 0 Å². The van der Waals surface area contributed by atoms with E-state index >= 15 is 0 Å². The molecular weight excluding hydrogens is 351 g/mol. The van der Waals surface area contributed by atoms with E-state index < -0.39 is 33.1 Å². The molecule has 0 bridgehead atoms. The maximum atomic E-state index is 11.6. The van der Waals surface area contributed by atoms with Crippen LogP contribution in [-0.2, 0) is 14.3 Å². The highest BCUT2D eigenvalue weighted by Gasteiger charge is 2.35. The minimum atomic E-state index is -0.955. The lowest BCUT2D eigenvalue weighted by atomic mass is 10.3. The van der Waals surface area contributed by atoms with Gasteiger partial charge in [-0.05, 0) is 12.1 Å². The van der Waals surface area contributed by atoms with Gasteiger partial charge in [-0.25, -0.2) is 4.79 Å². The summed E-state index contributed by atoms with van der Waals surface area (Å²) in [6.07, 6.45) is 0. The summed E-state index contributed by atoms with van der Waals surface area (Å²) in [4.78, 5) is 11.6. The Bertz CT molecular complexity index is 456. The second kappa shape index (κ2) is 7.10. The summed E-state index contributed by atoms with van der Waals surface area (Å²) in [7, 11) is 4.11. The summed E-state index contributed by atoms with van der Waals surface area (Å²) < 4.78 is 15.6. The molecular formula is C12H14IO5+. The molecule has 0 radical (unpaired) electrons. The number of rotatable bonds is 5. The smallest absolute Gasteiger partial charge is 0.392 e. The molecule has 1 aromatic carbocycles. The van der Waals surface area contributed by atoms with Crippen LogP contribution in [0.5, 0.6) is 5.75 Å². The van der Waals surface area contributed by atoms with Crippen LogP contribution in [0.1, 0.15) is 0 Å². The van der Waals surface area contributed by atoms with Gasteiger partial charge in [-0.15, -0.1) is 0 Å². The molecule has 0 saturated carbocycles. The van der Waals surface area contributed by atoms with E-state index in [9.17, 15) is 9.90 Å². The first kappa shape index (κ1) is 14.6. The molecule has 1 N–H and O–H groups in total. The first-order valence-corrected chi connectivity index (χ1v) is 7.13. The quantitative estimate of drug-likeness (QED) is 0.298. The predicted molar refractivity (Wildman–Crippen MR) is 60.4 cm³/mol. The van der Waals surface area contributed by atoms with Gasteiger partial charge in [0.2, 0.25) is 3.57 Å². The van der Waals surface area contributed by atoms with Crippen molar-refractivity contribution >= 4 is 5.97 Å². The number of hydrogen-bond donors (Lipinski definition) is 1. The highest BCUT2D eigenvalue weighted by Crippen LogP contribution is 2.07. The summed E-state index contributed by atoms with van der Waals surface area (Å²) in [5, 5.41) is 9.59. The highest BCUT2D eigenvalue weighted by atomic mass is 127. The number of hydrogen-bond acceptors (Lipinski definition) is 5. The summed E-state index contributed by atoms with van der Waals surface area (Å²) in [5.74, 6) is -0.316. The van der Waals surface area contributed by atoms with Crippen LogP contribution in [0.15, 0.2) is 33.8 Å². The molecule has 0 amide bonds. The second-order valence-electron chi connectivity index (χ2n) is 3.04. The van der Waals surface area contributed by atoms with E-state index in [-0.39, 0.29) is 3.58 Å². The molecule has 6 heteroatoms. The lowest BCUT2D eigenvalue weighted by molar-refractivity contribution is -0.576. The summed E-state index contributed by atoms with van der Waals surface area (Å²) >= 11 is -0.955. The normalized spacial score (nSPS) is 11.5. The Hall–Kier alpha value is -1.44. The molecule has 0 fully saturated rings. The number of carbonyl (C=O) groups is 1. The third-order valence-electron chi connectivity index (χ3n) is 2.00. The van der Waals surface area contributed by atoms with Crippen molar-refractivity contribution < 1.29 is 45.3 Å². The van der Waals surface area contributed by atoms with Gasteiger partial charge in [-0.1, -0.05) is 12.1 Å². The second-order valence-corrected chi connectivity index (χ2v) is 5.82. The van der Waals surface area contributed by atoms with Crippen LogP contribution < -0.4 is 25.9 Å². The van der Waals surface area contributed by atoms with E-state index in [0.717, 1.165) is 3.57 Å². The number of methoxy groups -OCH3 is 3. The zero-order valence-corrected chi connectivity index (χ0v) is 12.4. The summed E-state index contributed by atoms with van der Waals surface area (Å²) in [6.45, 7) is 0. The fourth-order valence-corrected chi connectivity index (χ4v) is 3.66. The molecule has 0 aliphatic heterocycles. The molecule has 0 spiro atoms. The number of aliphatic hydroxyl groups is 1. The van der Waals surface area contributed by atoms with Crippen molar-refractivity contribution in [2.75, 3.05) is 21.3 Å². The van der Waals surface area contributed by atoms with Crippen molar-refractivity contribution in [1.82, 2.24) is 0 Å². The van der Waals surface area contributed by atoms with Crippen LogP contribution in [0.25, 0.3) is 0 Å². The van der Waals surface area contributed by atoms with Crippen LogP contribution >= 0.6 is 0 Å². The van der Waals surface area contributed by atoms with Gasteiger partial charge in [0.25, 0.3) is 0 Å². The van der Waals surface area contributed by atoms with Gasteiger partial charge in [0.15, 0.2) is 5.75 Å². The monoisotopic (exact) mass is 365 g/mol. The maximum absolute atomic E-state index is 11.6. The van der Waals surface area contributed by atoms with Crippen LogP contribution in [0, 0.1) is 3.57 Å². The number of halogens is 1. The number of benzene rings is 1. The topological polar surface area (TPSA) is 65.0 Å². The van der Waals surface area contributed by atoms with Crippen molar-refractivity contribution in [3.8, 4) is 5.75 Å². The summed E-state index contributed by atoms with van der Waals surface area (Å²) in [6, 6.07) is 7.33. The molecule has 18 heavy (non-hydrogen) atoms. The SMILES string of the molecule is COC(=O)/C([I+]c1ccccc1OC)=C(/O)OC. The van der Waals surface area contributed by atoms with Crippen molar-refractivity contribution in [3.63, 3.8) is 0 Å². The molecule has 1 aromatic rings. The number of para-hydroxylation sites is 1. The Morgan fingerprint density at radius 3 is 2.39 bits per heavy atom. The largest absolute Gasteiger partial charge is 0.492 e. The molecule has 98 valence electrons. The van der Waals surface area contributed by atoms with E-state index in [1.165, 1.54) is 14.2 Å². The van der Waals surface area contributed by atoms with Crippen LogP contribution in [0.4, 0.5) is 0 Å². The molecule has 1 rings (SSSR count). The number of aliphatic hydroxyl groups excluding tert-OH is 1. The van der Waals surface area contributed by atoms with Gasteiger partial charge in [-0.2, -0.15) is 0 Å². The first-order chi connectivity index (χ1) is 8.63. The lowest BCUT2D eigenvalue weighted by Gasteiger charge is -2.00. The van der Waals surface area contributed by atoms with E-state index in [2.05, 4.69) is 4.74 Å². The standard InChI is InChI=1S/C12H13IO5/c1-16-9-7-5-4-6-8(9)13-10(11(14)17-2)12(15)18-3/h4-7H,1-3H3/p+1. The van der Waals surface area contributed by atoms with Gasteiger partial charge >= 0.3 is 36.7 Å². The molecule has 0 atom stereocenters.